The lowest BCUT2D eigenvalue weighted by Crippen LogP contribution is -2.52. The molecule has 2 bridgehead atoms. The van der Waals surface area contributed by atoms with Crippen LogP contribution in [0.1, 0.15) is 12.0 Å². The van der Waals surface area contributed by atoms with Gasteiger partial charge in [-0.25, -0.2) is 9.18 Å². The summed E-state index contributed by atoms with van der Waals surface area (Å²) in [6.45, 7) is 1.44. The highest BCUT2D eigenvalue weighted by Gasteiger charge is 2.48. The fraction of sp³-hybridized carbons (Fsp3) is 0.400. The molecule has 1 aromatic carbocycles. The number of likely N-dealkylation sites (tertiary alicyclic amines) is 2. The zero-order valence-corrected chi connectivity index (χ0v) is 15.7. The average molecular weight is 408 g/mol. The summed E-state index contributed by atoms with van der Waals surface area (Å²) in [5.74, 6) is -0.451. The van der Waals surface area contributed by atoms with E-state index >= 15 is 0 Å². The van der Waals surface area contributed by atoms with E-state index in [1.54, 1.807) is 23.2 Å². The van der Waals surface area contributed by atoms with Crippen molar-refractivity contribution < 1.29 is 22.4 Å². The van der Waals surface area contributed by atoms with E-state index in [0.29, 0.717) is 17.7 Å². The van der Waals surface area contributed by atoms with Gasteiger partial charge in [0.05, 0.1) is 12.7 Å². The van der Waals surface area contributed by atoms with Crippen LogP contribution in [-0.2, 0) is 0 Å². The molecular weight excluding hydrogens is 388 g/mol. The Labute approximate surface area is 165 Å². The number of halogens is 4. The van der Waals surface area contributed by atoms with Gasteiger partial charge in [-0.3, -0.25) is 9.88 Å². The van der Waals surface area contributed by atoms with Crippen LogP contribution in [0.3, 0.4) is 0 Å². The molecule has 0 unspecified atom stereocenters. The number of aryl methyl sites for hydroxylation is 1. The molecule has 1 N–H and O–H groups in total. The first-order valence-electron chi connectivity index (χ1n) is 9.29. The number of piperazine rings is 1. The van der Waals surface area contributed by atoms with Gasteiger partial charge in [0.15, 0.2) is 0 Å². The van der Waals surface area contributed by atoms with E-state index in [-0.39, 0.29) is 31.2 Å². The molecule has 154 valence electrons. The van der Waals surface area contributed by atoms with Gasteiger partial charge in [0, 0.05) is 42.6 Å². The van der Waals surface area contributed by atoms with Crippen molar-refractivity contribution in [2.24, 2.45) is 0 Å². The van der Waals surface area contributed by atoms with Crippen LogP contribution in [0.4, 0.5) is 28.0 Å². The Morgan fingerprint density at radius 2 is 2.00 bits per heavy atom. The van der Waals surface area contributed by atoms with Crippen molar-refractivity contribution in [1.29, 1.82) is 0 Å². The minimum atomic E-state index is -4.23. The van der Waals surface area contributed by atoms with Gasteiger partial charge in [-0.15, -0.1) is 0 Å². The lowest BCUT2D eigenvalue weighted by molar-refractivity contribution is -0.149. The van der Waals surface area contributed by atoms with E-state index in [0.717, 1.165) is 17.3 Å². The summed E-state index contributed by atoms with van der Waals surface area (Å²) in [5, 5.41) is 2.82. The Balaban J connectivity index is 1.45. The SMILES string of the molecule is Cc1ccc(NC(=O)N2C[C@H]3C[C@@H]2CN3CC(F)(F)F)cc1-c1cncc(F)c1. The molecule has 2 fully saturated rings. The summed E-state index contributed by atoms with van der Waals surface area (Å²) in [7, 11) is 0. The summed E-state index contributed by atoms with van der Waals surface area (Å²) in [5.41, 5.74) is 2.78. The fourth-order valence-corrected chi connectivity index (χ4v) is 4.19. The van der Waals surface area contributed by atoms with E-state index < -0.39 is 18.5 Å². The molecule has 0 radical (unpaired) electrons. The highest BCUT2D eigenvalue weighted by atomic mass is 19.4. The third-order valence-corrected chi connectivity index (χ3v) is 5.50. The predicted molar refractivity (Wildman–Crippen MR) is 99.9 cm³/mol. The number of urea groups is 1. The maximum Gasteiger partial charge on any atom is 0.401 e. The molecule has 4 rings (SSSR count). The molecule has 9 heteroatoms. The molecule has 1 aromatic heterocycles. The maximum atomic E-state index is 13.5. The Morgan fingerprint density at radius 3 is 2.66 bits per heavy atom. The summed E-state index contributed by atoms with van der Waals surface area (Å²) in [6.07, 6.45) is -1.01. The highest BCUT2D eigenvalue weighted by molar-refractivity contribution is 5.91. The van der Waals surface area contributed by atoms with Crippen molar-refractivity contribution in [3.63, 3.8) is 0 Å². The molecule has 5 nitrogen and oxygen atoms in total. The number of anilines is 1. The number of hydrogen-bond donors (Lipinski definition) is 1. The van der Waals surface area contributed by atoms with Crippen molar-refractivity contribution in [2.45, 2.75) is 31.6 Å². The van der Waals surface area contributed by atoms with Crippen molar-refractivity contribution >= 4 is 11.7 Å². The molecule has 2 saturated heterocycles. The lowest BCUT2D eigenvalue weighted by atomic mass is 10.0. The van der Waals surface area contributed by atoms with Crippen molar-refractivity contribution in [3.8, 4) is 11.1 Å². The number of alkyl halides is 3. The van der Waals surface area contributed by atoms with Gasteiger partial charge in [0.2, 0.25) is 0 Å². The first-order valence-corrected chi connectivity index (χ1v) is 9.29. The Morgan fingerprint density at radius 1 is 1.21 bits per heavy atom. The van der Waals surface area contributed by atoms with Gasteiger partial charge in [-0.05, 0) is 42.7 Å². The quantitative estimate of drug-likeness (QED) is 0.780. The topological polar surface area (TPSA) is 48.5 Å². The largest absolute Gasteiger partial charge is 0.401 e. The predicted octanol–water partition coefficient (Wildman–Crippen LogP) is 4.05. The second-order valence-corrected chi connectivity index (χ2v) is 7.59. The number of rotatable bonds is 3. The van der Waals surface area contributed by atoms with Crippen molar-refractivity contribution in [2.75, 3.05) is 25.0 Å². The number of hydrogen-bond acceptors (Lipinski definition) is 3. The lowest BCUT2D eigenvalue weighted by Gasteiger charge is -2.34. The smallest absolute Gasteiger partial charge is 0.319 e. The molecule has 2 aliphatic heterocycles. The zero-order chi connectivity index (χ0) is 20.8. The van der Waals surface area contributed by atoms with Crippen LogP contribution in [0, 0.1) is 12.7 Å². The van der Waals surface area contributed by atoms with E-state index in [4.69, 9.17) is 0 Å². The number of benzene rings is 1. The van der Waals surface area contributed by atoms with Crippen LogP contribution >= 0.6 is 0 Å². The number of amides is 2. The van der Waals surface area contributed by atoms with Crippen molar-refractivity contribution in [3.05, 3.63) is 48.0 Å². The Bertz CT molecular complexity index is 933. The van der Waals surface area contributed by atoms with Gasteiger partial charge in [-0.2, -0.15) is 13.2 Å². The molecular formula is C20H20F4N4O. The van der Waals surface area contributed by atoms with E-state index in [1.165, 1.54) is 11.0 Å². The van der Waals surface area contributed by atoms with Gasteiger partial charge in [-0.1, -0.05) is 6.07 Å². The zero-order valence-electron chi connectivity index (χ0n) is 15.7. The number of pyridine rings is 1. The molecule has 2 atom stereocenters. The number of fused-ring (bicyclic) bond motifs is 2. The minimum Gasteiger partial charge on any atom is -0.319 e. The third kappa shape index (κ3) is 4.19. The highest BCUT2D eigenvalue weighted by Crippen LogP contribution is 2.34. The summed E-state index contributed by atoms with van der Waals surface area (Å²) in [4.78, 5) is 19.5. The first kappa shape index (κ1) is 19.6. The third-order valence-electron chi connectivity index (χ3n) is 5.50. The van der Waals surface area contributed by atoms with Gasteiger partial charge in [0.25, 0.3) is 0 Å². The monoisotopic (exact) mass is 408 g/mol. The van der Waals surface area contributed by atoms with Crippen LogP contribution in [0.5, 0.6) is 0 Å². The number of nitrogens with one attached hydrogen (secondary N) is 1. The number of carbonyl (C=O) groups is 1. The normalized spacial score (nSPS) is 21.6. The van der Waals surface area contributed by atoms with Crippen LogP contribution in [-0.4, -0.2) is 58.7 Å². The Hall–Kier alpha value is -2.68. The van der Waals surface area contributed by atoms with E-state index in [2.05, 4.69) is 10.3 Å². The fourth-order valence-electron chi connectivity index (χ4n) is 4.19. The first-order chi connectivity index (χ1) is 13.7. The van der Waals surface area contributed by atoms with E-state index in [1.807, 2.05) is 13.0 Å². The summed E-state index contributed by atoms with van der Waals surface area (Å²) >= 11 is 0. The maximum absolute atomic E-state index is 13.5. The van der Waals surface area contributed by atoms with Gasteiger partial charge < -0.3 is 10.2 Å². The number of carbonyl (C=O) groups excluding carboxylic acids is 1. The second kappa shape index (κ2) is 7.29. The van der Waals surface area contributed by atoms with Crippen LogP contribution in [0.25, 0.3) is 11.1 Å². The van der Waals surface area contributed by atoms with Gasteiger partial charge >= 0.3 is 12.2 Å². The summed E-state index contributed by atoms with van der Waals surface area (Å²) in [6, 6.07) is 5.85. The molecule has 0 aliphatic carbocycles. The van der Waals surface area contributed by atoms with Crippen LogP contribution < -0.4 is 5.32 Å². The van der Waals surface area contributed by atoms with Crippen LogP contribution in [0.15, 0.2) is 36.7 Å². The molecule has 0 spiro atoms. The average Bonchev–Trinajstić information content (AvgIpc) is 3.22. The second-order valence-electron chi connectivity index (χ2n) is 7.59. The van der Waals surface area contributed by atoms with Gasteiger partial charge in [0.1, 0.15) is 5.82 Å². The van der Waals surface area contributed by atoms with Crippen molar-refractivity contribution in [1.82, 2.24) is 14.8 Å². The Kier molecular flexibility index (Phi) is 4.94. The van der Waals surface area contributed by atoms with E-state index in [9.17, 15) is 22.4 Å². The molecule has 3 heterocycles. The minimum absolute atomic E-state index is 0.223. The standard InChI is InChI=1S/C20H20F4N4O/c1-12-2-3-15(5-18(12)13-4-14(21)8-25-7-13)26-19(29)28-10-16-6-17(28)9-27(16)11-20(22,23)24/h2-5,7-8,16-17H,6,9-11H2,1H3,(H,26,29)/t16-,17-/m1/s1. The molecule has 29 heavy (non-hydrogen) atoms. The number of aromatic nitrogens is 1. The molecule has 2 amide bonds. The molecule has 2 aliphatic rings. The number of nitrogens with zero attached hydrogens (tertiary/aromatic N) is 3. The summed E-state index contributed by atoms with van der Waals surface area (Å²) < 4.78 is 51.5. The molecule has 2 aromatic rings. The molecule has 0 saturated carbocycles. The van der Waals surface area contributed by atoms with Crippen LogP contribution in [0.2, 0.25) is 0 Å².